The highest BCUT2D eigenvalue weighted by Crippen LogP contribution is 2.29. The van der Waals surface area contributed by atoms with Gasteiger partial charge in [0, 0.05) is 6.54 Å². The molecule has 0 aromatic carbocycles. The van der Waals surface area contributed by atoms with Crippen LogP contribution in [0.15, 0.2) is 16.3 Å². The lowest BCUT2D eigenvalue weighted by Crippen LogP contribution is -2.48. The van der Waals surface area contributed by atoms with Gasteiger partial charge in [-0.2, -0.15) is 9.57 Å². The van der Waals surface area contributed by atoms with Crippen molar-refractivity contribution in [1.82, 2.24) is 4.31 Å². The summed E-state index contributed by atoms with van der Waals surface area (Å²) in [5.41, 5.74) is 0. The smallest absolute Gasteiger partial charge is 0.324 e. The summed E-state index contributed by atoms with van der Waals surface area (Å²) in [6, 6.07) is 4.01. The maximum Gasteiger partial charge on any atom is 0.324 e. The van der Waals surface area contributed by atoms with Crippen molar-refractivity contribution in [3.63, 3.8) is 0 Å². The minimum Gasteiger partial charge on any atom is -0.468 e. The quantitative estimate of drug-likeness (QED) is 0.786. The third kappa shape index (κ3) is 2.70. The number of nitriles is 1. The van der Waals surface area contributed by atoms with E-state index in [-0.39, 0.29) is 4.21 Å². The predicted molar refractivity (Wildman–Crippen MR) is 72.6 cm³/mol. The number of sulfonamides is 1. The summed E-state index contributed by atoms with van der Waals surface area (Å²) in [4.78, 5) is 12.1. The zero-order chi connectivity index (χ0) is 14.8. The normalized spacial score (nSPS) is 20.3. The van der Waals surface area contributed by atoms with Crippen LogP contribution in [0.25, 0.3) is 0 Å². The third-order valence-electron chi connectivity index (χ3n) is 3.18. The Labute approximate surface area is 121 Å². The lowest BCUT2D eigenvalue weighted by Gasteiger charge is -2.32. The fourth-order valence-electron chi connectivity index (χ4n) is 2.20. The molecule has 0 spiro atoms. The van der Waals surface area contributed by atoms with Crippen LogP contribution in [0, 0.1) is 11.3 Å². The number of thiophene rings is 1. The van der Waals surface area contributed by atoms with Gasteiger partial charge in [-0.25, -0.2) is 8.42 Å². The molecule has 1 fully saturated rings. The predicted octanol–water partition coefficient (Wildman–Crippen LogP) is 1.34. The number of carbonyl (C=O) groups excluding carboxylic acids is 1. The molecule has 1 aliphatic rings. The molecule has 1 aliphatic heterocycles. The first-order valence-electron chi connectivity index (χ1n) is 6.10. The van der Waals surface area contributed by atoms with E-state index in [2.05, 4.69) is 4.74 Å². The summed E-state index contributed by atoms with van der Waals surface area (Å²) < 4.78 is 31.1. The lowest BCUT2D eigenvalue weighted by molar-refractivity contribution is -0.146. The van der Waals surface area contributed by atoms with Gasteiger partial charge in [0.1, 0.15) is 21.2 Å². The number of nitrogens with zero attached hydrogens (tertiary/aromatic N) is 2. The monoisotopic (exact) mass is 314 g/mol. The summed E-state index contributed by atoms with van der Waals surface area (Å²) in [5.74, 6) is -0.537. The fourth-order valence-corrected chi connectivity index (χ4v) is 5.08. The van der Waals surface area contributed by atoms with Crippen LogP contribution in [0.3, 0.4) is 0 Å². The average molecular weight is 314 g/mol. The summed E-state index contributed by atoms with van der Waals surface area (Å²) in [6.07, 6.45) is 1.96. The summed E-state index contributed by atoms with van der Waals surface area (Å²) in [5, 5.41) is 8.78. The minimum atomic E-state index is -3.76. The summed E-state index contributed by atoms with van der Waals surface area (Å²) in [7, 11) is -2.51. The number of rotatable bonds is 3. The maximum atomic E-state index is 12.6. The van der Waals surface area contributed by atoms with Gasteiger partial charge in [-0.15, -0.1) is 11.3 Å². The van der Waals surface area contributed by atoms with Gasteiger partial charge in [0.05, 0.1) is 7.11 Å². The van der Waals surface area contributed by atoms with Crippen molar-refractivity contribution in [2.75, 3.05) is 13.7 Å². The van der Waals surface area contributed by atoms with Crippen LogP contribution < -0.4 is 0 Å². The number of ether oxygens (including phenoxy) is 1. The lowest BCUT2D eigenvalue weighted by atomic mass is 10.1. The number of carbonyl (C=O) groups is 1. The molecule has 0 aliphatic carbocycles. The average Bonchev–Trinajstić information content (AvgIpc) is 2.96. The molecule has 20 heavy (non-hydrogen) atoms. The highest BCUT2D eigenvalue weighted by atomic mass is 32.2. The highest BCUT2D eigenvalue weighted by Gasteiger charge is 2.38. The molecule has 1 aromatic heterocycles. The van der Waals surface area contributed by atoms with Crippen LogP contribution >= 0.6 is 11.3 Å². The van der Waals surface area contributed by atoms with Crippen molar-refractivity contribution in [3.05, 3.63) is 17.0 Å². The number of methoxy groups -OCH3 is 1. The number of esters is 1. The van der Waals surface area contributed by atoms with E-state index in [0.717, 1.165) is 17.8 Å². The maximum absolute atomic E-state index is 12.6. The first-order chi connectivity index (χ1) is 9.50. The molecule has 0 amide bonds. The Hall–Kier alpha value is -1.43. The van der Waals surface area contributed by atoms with E-state index in [4.69, 9.17) is 5.26 Å². The van der Waals surface area contributed by atoms with Gasteiger partial charge in [-0.05, 0) is 31.4 Å². The molecule has 8 heteroatoms. The summed E-state index contributed by atoms with van der Waals surface area (Å²) in [6.45, 7) is 0.294. The molecular weight excluding hydrogens is 300 g/mol. The van der Waals surface area contributed by atoms with Crippen LogP contribution in [0.1, 0.15) is 24.1 Å². The topological polar surface area (TPSA) is 87.5 Å². The molecule has 0 radical (unpaired) electrons. The van der Waals surface area contributed by atoms with Crippen LogP contribution in [0.5, 0.6) is 0 Å². The number of hydrogen-bond acceptors (Lipinski definition) is 6. The molecule has 6 nitrogen and oxygen atoms in total. The largest absolute Gasteiger partial charge is 0.468 e. The Bertz CT molecular complexity index is 645. The third-order valence-corrected chi connectivity index (χ3v) is 6.55. The van der Waals surface area contributed by atoms with Crippen molar-refractivity contribution in [3.8, 4) is 6.07 Å². The molecular formula is C12H14N2O4S2. The van der Waals surface area contributed by atoms with Gasteiger partial charge >= 0.3 is 5.97 Å². The Morgan fingerprint density at radius 3 is 2.85 bits per heavy atom. The Balaban J connectivity index is 2.35. The van der Waals surface area contributed by atoms with E-state index in [9.17, 15) is 13.2 Å². The molecule has 0 unspecified atom stereocenters. The molecule has 0 bridgehead atoms. The van der Waals surface area contributed by atoms with Gasteiger partial charge in [0.25, 0.3) is 10.0 Å². The molecule has 2 heterocycles. The number of hydrogen-bond donors (Lipinski definition) is 0. The van der Waals surface area contributed by atoms with E-state index < -0.39 is 22.0 Å². The number of piperidine rings is 1. The highest BCUT2D eigenvalue weighted by molar-refractivity contribution is 7.91. The fraction of sp³-hybridized carbons (Fsp3) is 0.500. The van der Waals surface area contributed by atoms with E-state index in [1.807, 2.05) is 6.07 Å². The van der Waals surface area contributed by atoms with E-state index >= 15 is 0 Å². The zero-order valence-corrected chi connectivity index (χ0v) is 12.5. The van der Waals surface area contributed by atoms with Gasteiger partial charge < -0.3 is 4.74 Å². The standard InChI is InChI=1S/C12H14N2O4S2/c1-18-12(15)10-4-2-3-7-14(10)20(16,17)11-6-5-9(8-13)19-11/h5-6,10H,2-4,7H2,1H3/t10-/m1/s1. The van der Waals surface area contributed by atoms with Crippen molar-refractivity contribution >= 4 is 27.3 Å². The van der Waals surface area contributed by atoms with Crippen LogP contribution in [0.2, 0.25) is 0 Å². The second kappa shape index (κ2) is 5.91. The second-order valence-corrected chi connectivity index (χ2v) is 7.58. The molecule has 108 valence electrons. The van der Waals surface area contributed by atoms with Crippen LogP contribution in [-0.2, 0) is 19.6 Å². The SMILES string of the molecule is COC(=O)[C@H]1CCCCN1S(=O)(=O)c1ccc(C#N)s1. The molecule has 0 N–H and O–H groups in total. The van der Waals surface area contributed by atoms with Gasteiger partial charge in [0.2, 0.25) is 0 Å². The Morgan fingerprint density at radius 2 is 2.25 bits per heavy atom. The zero-order valence-electron chi connectivity index (χ0n) is 10.9. The first-order valence-corrected chi connectivity index (χ1v) is 8.36. The van der Waals surface area contributed by atoms with Crippen LogP contribution in [0.4, 0.5) is 0 Å². The Morgan fingerprint density at radius 1 is 1.50 bits per heavy atom. The van der Waals surface area contributed by atoms with Crippen molar-refractivity contribution in [2.45, 2.75) is 29.5 Å². The van der Waals surface area contributed by atoms with E-state index in [1.165, 1.54) is 23.5 Å². The molecule has 2 rings (SSSR count). The van der Waals surface area contributed by atoms with Gasteiger partial charge in [-0.1, -0.05) is 0 Å². The van der Waals surface area contributed by atoms with Gasteiger partial charge in [0.15, 0.2) is 0 Å². The van der Waals surface area contributed by atoms with Gasteiger partial charge in [-0.3, -0.25) is 4.79 Å². The first kappa shape index (κ1) is 15.0. The van der Waals surface area contributed by atoms with Crippen molar-refractivity contribution < 1.29 is 17.9 Å². The van der Waals surface area contributed by atoms with Crippen molar-refractivity contribution in [1.29, 1.82) is 5.26 Å². The van der Waals surface area contributed by atoms with Crippen molar-refractivity contribution in [2.24, 2.45) is 0 Å². The summed E-state index contributed by atoms with van der Waals surface area (Å²) >= 11 is 0.912. The second-order valence-electron chi connectivity index (χ2n) is 4.38. The van der Waals surface area contributed by atoms with E-state index in [1.54, 1.807) is 0 Å². The Kier molecular flexibility index (Phi) is 4.42. The minimum absolute atomic E-state index is 0.0878. The molecule has 1 aromatic rings. The van der Waals surface area contributed by atoms with E-state index in [0.29, 0.717) is 24.3 Å². The molecule has 1 saturated heterocycles. The molecule has 0 saturated carbocycles. The van der Waals surface area contributed by atoms with Crippen LogP contribution in [-0.4, -0.2) is 38.4 Å². The molecule has 1 atom stereocenters.